The Kier molecular flexibility index (Phi) is 5.03. The van der Waals surface area contributed by atoms with Crippen molar-refractivity contribution in [3.63, 3.8) is 0 Å². The van der Waals surface area contributed by atoms with Gasteiger partial charge in [-0.2, -0.15) is 0 Å². The molecule has 152 valence electrons. The zero-order chi connectivity index (χ0) is 25.9. The monoisotopic (exact) mass is 415 g/mol. The molecule has 3 aromatic rings. The Hall–Kier alpha value is -2.70. The molecular weight excluding hydrogens is 382 g/mol. The molecule has 0 bridgehead atoms. The van der Waals surface area contributed by atoms with Crippen molar-refractivity contribution in [1.29, 1.82) is 0 Å². The number of carbonyl (C=O) groups excluding carboxylic acids is 1. The minimum Gasteiger partial charge on any atom is -0.388 e. The normalized spacial score (nSPS) is 15.4. The minimum absolute atomic E-state index is 0.0448. The molecule has 0 fully saturated rings. The van der Waals surface area contributed by atoms with Crippen molar-refractivity contribution < 1.29 is 18.1 Å². The van der Waals surface area contributed by atoms with Gasteiger partial charge < -0.3 is 16.2 Å². The summed E-state index contributed by atoms with van der Waals surface area (Å²) in [5.41, 5.74) is 7.54. The zero-order valence-electron chi connectivity index (χ0n) is 22.1. The van der Waals surface area contributed by atoms with E-state index in [1.54, 1.807) is 29.6 Å². The molecule has 0 unspecified atom stereocenters. The standard InChI is InChI=1S/C23H27N3O2S/c1-16-6-10-18(11-7-16)21(27)5-3-2-4-17-8-12-19(13-9-17)25-22(28)14-20-15-29-23(24)26-20/h6-13,15,21,27H,2-5,14H2,1H3,(H2,24,26)(H,25,28)/t21-/m0/s1/i2D2,6D,7D,10D,11D. The summed E-state index contributed by atoms with van der Waals surface area (Å²) in [5.74, 6) is -0.238. The highest BCUT2D eigenvalue weighted by atomic mass is 32.1. The number of nitrogen functional groups attached to an aromatic ring is 1. The van der Waals surface area contributed by atoms with Gasteiger partial charge in [0.25, 0.3) is 0 Å². The van der Waals surface area contributed by atoms with Crippen LogP contribution in [0.1, 0.15) is 55.9 Å². The summed E-state index contributed by atoms with van der Waals surface area (Å²) in [6, 6.07) is 5.80. The molecule has 0 aliphatic heterocycles. The van der Waals surface area contributed by atoms with Crippen LogP contribution in [0.5, 0.6) is 0 Å². The van der Waals surface area contributed by atoms with Crippen LogP contribution in [0, 0.1) is 6.92 Å². The smallest absolute Gasteiger partial charge is 0.230 e. The van der Waals surface area contributed by atoms with E-state index in [1.165, 1.54) is 18.3 Å². The number of nitrogens with two attached hydrogens (primary N) is 1. The third kappa shape index (κ3) is 6.69. The number of hydrogen-bond acceptors (Lipinski definition) is 5. The largest absolute Gasteiger partial charge is 0.388 e. The van der Waals surface area contributed by atoms with Gasteiger partial charge in [0.2, 0.25) is 5.91 Å². The lowest BCUT2D eigenvalue weighted by molar-refractivity contribution is -0.115. The number of hydrogen-bond donors (Lipinski definition) is 3. The fraction of sp³-hybridized carbons (Fsp3) is 0.304. The second kappa shape index (κ2) is 10.2. The first kappa shape index (κ1) is 14.3. The van der Waals surface area contributed by atoms with E-state index < -0.39 is 12.5 Å². The summed E-state index contributed by atoms with van der Waals surface area (Å²) in [4.78, 5) is 16.2. The Morgan fingerprint density at radius 1 is 1.31 bits per heavy atom. The lowest BCUT2D eigenvalue weighted by Gasteiger charge is -2.11. The number of aromatic nitrogens is 1. The lowest BCUT2D eigenvalue weighted by Crippen LogP contribution is -2.14. The first-order valence-corrected chi connectivity index (χ1v) is 10.1. The van der Waals surface area contributed by atoms with Crippen LogP contribution in [0.2, 0.25) is 0 Å². The summed E-state index contributed by atoms with van der Waals surface area (Å²) in [6.45, 7) is 1.49. The van der Waals surface area contributed by atoms with Crippen LogP contribution < -0.4 is 11.1 Å². The van der Waals surface area contributed by atoms with Gasteiger partial charge in [-0.3, -0.25) is 4.79 Å². The minimum atomic E-state index is -1.68. The highest BCUT2D eigenvalue weighted by Crippen LogP contribution is 2.21. The lowest BCUT2D eigenvalue weighted by atomic mass is 10.0. The van der Waals surface area contributed by atoms with E-state index in [0.717, 1.165) is 0 Å². The molecule has 6 heteroatoms. The van der Waals surface area contributed by atoms with E-state index in [4.69, 9.17) is 14.0 Å². The number of amides is 1. The van der Waals surface area contributed by atoms with Crippen LogP contribution in [-0.4, -0.2) is 16.0 Å². The molecule has 2 aromatic carbocycles. The van der Waals surface area contributed by atoms with Gasteiger partial charge in [-0.15, -0.1) is 11.3 Å². The number of rotatable bonds is 9. The number of aliphatic hydroxyl groups excluding tert-OH is 1. The second-order valence-corrected chi connectivity index (χ2v) is 7.51. The molecule has 0 aliphatic rings. The van der Waals surface area contributed by atoms with Gasteiger partial charge in [0.05, 0.1) is 23.7 Å². The number of nitrogens with zero attached hydrogens (tertiary/aromatic N) is 1. The van der Waals surface area contributed by atoms with Crippen molar-refractivity contribution in [2.45, 2.75) is 45.1 Å². The van der Waals surface area contributed by atoms with Crippen molar-refractivity contribution in [1.82, 2.24) is 4.98 Å². The Morgan fingerprint density at radius 3 is 2.69 bits per heavy atom. The van der Waals surface area contributed by atoms with Gasteiger partial charge >= 0.3 is 0 Å². The first-order chi connectivity index (χ1) is 16.4. The van der Waals surface area contributed by atoms with E-state index >= 15 is 0 Å². The average molecular weight is 416 g/mol. The number of nitrogens with one attached hydrogen (secondary N) is 1. The number of aliphatic hydroxyl groups is 1. The molecule has 0 saturated carbocycles. The Labute approximate surface area is 184 Å². The van der Waals surface area contributed by atoms with Crippen molar-refractivity contribution >= 4 is 28.1 Å². The van der Waals surface area contributed by atoms with Crippen LogP contribution in [0.3, 0.4) is 0 Å². The van der Waals surface area contributed by atoms with Gasteiger partial charge in [0.1, 0.15) is 0 Å². The Morgan fingerprint density at radius 2 is 2.03 bits per heavy atom. The predicted octanol–water partition coefficient (Wildman–Crippen LogP) is 4.66. The number of anilines is 2. The zero-order valence-corrected chi connectivity index (χ0v) is 16.9. The maximum atomic E-state index is 12.2. The third-order valence-corrected chi connectivity index (χ3v) is 4.90. The second-order valence-electron chi connectivity index (χ2n) is 6.62. The van der Waals surface area contributed by atoms with Crippen LogP contribution in [0.15, 0.2) is 53.8 Å². The summed E-state index contributed by atoms with van der Waals surface area (Å²) >= 11 is 1.27. The van der Waals surface area contributed by atoms with Crippen LogP contribution in [0.25, 0.3) is 0 Å². The fourth-order valence-corrected chi connectivity index (χ4v) is 3.21. The quantitative estimate of drug-likeness (QED) is 0.474. The maximum absolute atomic E-state index is 12.2. The molecule has 1 aromatic heterocycles. The highest BCUT2D eigenvalue weighted by molar-refractivity contribution is 7.13. The molecule has 0 saturated heterocycles. The topological polar surface area (TPSA) is 88.2 Å². The number of carbonyl (C=O) groups is 1. The van der Waals surface area contributed by atoms with E-state index in [9.17, 15) is 9.90 Å². The molecule has 5 nitrogen and oxygen atoms in total. The van der Waals surface area contributed by atoms with Gasteiger partial charge in [-0.1, -0.05) is 48.3 Å². The number of thiazole rings is 1. The van der Waals surface area contributed by atoms with Gasteiger partial charge in [-0.25, -0.2) is 4.98 Å². The number of benzene rings is 2. The molecule has 0 radical (unpaired) electrons. The summed E-state index contributed by atoms with van der Waals surface area (Å²) in [6.07, 6.45) is -2.93. The fourth-order valence-electron chi connectivity index (χ4n) is 2.65. The van der Waals surface area contributed by atoms with Crippen molar-refractivity contribution in [2.75, 3.05) is 11.1 Å². The Balaban J connectivity index is 1.58. The molecular formula is C23H27N3O2S. The van der Waals surface area contributed by atoms with Crippen LogP contribution in [0.4, 0.5) is 10.8 Å². The van der Waals surface area contributed by atoms with Crippen molar-refractivity contribution in [3.8, 4) is 0 Å². The van der Waals surface area contributed by atoms with Gasteiger partial charge in [0.15, 0.2) is 5.13 Å². The average Bonchev–Trinajstić information content (AvgIpc) is 3.20. The maximum Gasteiger partial charge on any atom is 0.230 e. The van der Waals surface area contributed by atoms with Gasteiger partial charge in [0, 0.05) is 13.8 Å². The molecule has 0 aliphatic carbocycles. The van der Waals surface area contributed by atoms with E-state index in [-0.39, 0.29) is 66.9 Å². The van der Waals surface area contributed by atoms with Gasteiger partial charge in [-0.05, 0) is 49.4 Å². The SMILES string of the molecule is [2H]c1c([2H])c([C@@H](O)CCC([2H])([2H])Cc2ccc(NC(=O)Cc3csc(N)n3)cc2)c([2H])c([2H])c1C. The van der Waals surface area contributed by atoms with Crippen LogP contribution >= 0.6 is 11.3 Å². The summed E-state index contributed by atoms with van der Waals surface area (Å²) < 4.78 is 48.7. The summed E-state index contributed by atoms with van der Waals surface area (Å²) in [5, 5.41) is 15.4. The third-order valence-electron chi connectivity index (χ3n) is 4.18. The van der Waals surface area contributed by atoms with Crippen molar-refractivity contribution in [3.05, 3.63) is 76.2 Å². The Bertz CT molecular complexity index is 1190. The molecule has 29 heavy (non-hydrogen) atoms. The number of aryl methyl sites for hydroxylation is 1. The molecule has 1 atom stereocenters. The molecule has 1 amide bonds. The summed E-state index contributed by atoms with van der Waals surface area (Å²) in [7, 11) is 0. The molecule has 1 heterocycles. The van der Waals surface area contributed by atoms with E-state index in [0.29, 0.717) is 22.1 Å². The molecule has 4 N–H and O–H groups in total. The first-order valence-electron chi connectivity index (χ1n) is 12.2. The predicted molar refractivity (Wildman–Crippen MR) is 119 cm³/mol. The highest BCUT2D eigenvalue weighted by Gasteiger charge is 2.08. The van der Waals surface area contributed by atoms with E-state index in [2.05, 4.69) is 10.3 Å². The van der Waals surface area contributed by atoms with Crippen molar-refractivity contribution in [2.24, 2.45) is 0 Å². The van der Waals surface area contributed by atoms with E-state index in [1.807, 2.05) is 0 Å². The van der Waals surface area contributed by atoms with Crippen LogP contribution in [-0.2, 0) is 17.6 Å². The molecule has 0 spiro atoms. The molecule has 3 rings (SSSR count).